The van der Waals surface area contributed by atoms with Gasteiger partial charge < -0.3 is 0 Å². The molecule has 4 aliphatic rings. The Balaban J connectivity index is 1.60. The highest BCUT2D eigenvalue weighted by Gasteiger charge is 2.51. The quantitative estimate of drug-likeness (QED) is 0.643. The topological polar surface area (TPSA) is 68.8 Å². The van der Waals surface area contributed by atoms with E-state index in [1.54, 1.807) is 0 Å². The number of nitrogen functional groups attached to an aromatic ring is 1. The van der Waals surface area contributed by atoms with Gasteiger partial charge in [0.05, 0.1) is 0 Å². The summed E-state index contributed by atoms with van der Waals surface area (Å²) >= 11 is 0. The summed E-state index contributed by atoms with van der Waals surface area (Å²) in [6.07, 6.45) is 9.81. The maximum absolute atomic E-state index is 5.45. The van der Waals surface area contributed by atoms with Crippen LogP contribution in [0.15, 0.2) is 0 Å². The summed E-state index contributed by atoms with van der Waals surface area (Å²) in [7, 11) is 2.00. The zero-order valence-electron chi connectivity index (χ0n) is 11.6. The summed E-state index contributed by atoms with van der Waals surface area (Å²) in [5.74, 6) is 10.2. The fraction of sp³-hybridized carbons (Fsp3) is 0.857. The van der Waals surface area contributed by atoms with Crippen LogP contribution in [0.5, 0.6) is 0 Å². The molecule has 0 amide bonds. The summed E-state index contributed by atoms with van der Waals surface area (Å²) < 4.78 is 2.01. The molecule has 19 heavy (non-hydrogen) atoms. The van der Waals surface area contributed by atoms with Crippen molar-refractivity contribution >= 4 is 5.95 Å². The van der Waals surface area contributed by atoms with Gasteiger partial charge in [-0.3, -0.25) is 9.99 Å². The van der Waals surface area contributed by atoms with Crippen molar-refractivity contribution in [1.29, 1.82) is 0 Å². The highest BCUT2D eigenvalue weighted by atomic mass is 15.4. The minimum absolute atomic E-state index is 0.515. The molecular weight excluding hydrogens is 238 g/mol. The number of anilines is 1. The Labute approximate surface area is 113 Å². The van der Waals surface area contributed by atoms with Crippen molar-refractivity contribution in [3.63, 3.8) is 0 Å². The Hall–Kier alpha value is -1.10. The number of nitrogens with zero attached hydrogens (tertiary/aromatic N) is 3. The highest BCUT2D eigenvalue weighted by molar-refractivity contribution is 5.23. The number of aromatic nitrogens is 3. The molecule has 5 heteroatoms. The van der Waals surface area contributed by atoms with Crippen LogP contribution in [-0.4, -0.2) is 14.8 Å². The normalized spacial score (nSPS) is 39.8. The molecule has 0 aliphatic heterocycles. The smallest absolute Gasteiger partial charge is 0.238 e. The molecule has 3 N–H and O–H groups in total. The van der Waals surface area contributed by atoms with Gasteiger partial charge in [0.2, 0.25) is 5.95 Å². The van der Waals surface area contributed by atoms with Gasteiger partial charge in [-0.05, 0) is 61.7 Å². The Morgan fingerprint density at radius 3 is 2.21 bits per heavy atom. The van der Waals surface area contributed by atoms with Crippen LogP contribution in [0.25, 0.3) is 0 Å². The molecule has 4 aliphatic carbocycles. The van der Waals surface area contributed by atoms with E-state index in [1.807, 2.05) is 11.6 Å². The molecule has 104 valence electrons. The minimum atomic E-state index is 0.515. The van der Waals surface area contributed by atoms with Gasteiger partial charge in [0.1, 0.15) is 5.82 Å². The van der Waals surface area contributed by atoms with Crippen LogP contribution in [0, 0.1) is 23.2 Å². The van der Waals surface area contributed by atoms with Crippen LogP contribution >= 0.6 is 0 Å². The minimum Gasteiger partial charge on any atom is -0.299 e. The number of hydrazine groups is 1. The number of nitrogens with one attached hydrogen (secondary N) is 1. The number of hydrogen-bond acceptors (Lipinski definition) is 4. The SMILES string of the molecule is Cn1c(CC23CC4CC(CC(C4)C2)C3)nnc1NN. The predicted molar refractivity (Wildman–Crippen MR) is 73.1 cm³/mol. The van der Waals surface area contributed by atoms with Crippen molar-refractivity contribution in [3.8, 4) is 0 Å². The van der Waals surface area contributed by atoms with Crippen LogP contribution in [0.2, 0.25) is 0 Å². The largest absolute Gasteiger partial charge is 0.299 e. The molecule has 4 saturated carbocycles. The first-order chi connectivity index (χ1) is 9.17. The van der Waals surface area contributed by atoms with Gasteiger partial charge in [-0.15, -0.1) is 10.2 Å². The molecule has 5 rings (SSSR count). The van der Waals surface area contributed by atoms with Gasteiger partial charge >= 0.3 is 0 Å². The number of rotatable bonds is 3. The Morgan fingerprint density at radius 2 is 1.74 bits per heavy atom. The zero-order valence-corrected chi connectivity index (χ0v) is 11.6. The van der Waals surface area contributed by atoms with E-state index in [4.69, 9.17) is 5.84 Å². The molecule has 1 aromatic heterocycles. The lowest BCUT2D eigenvalue weighted by atomic mass is 9.49. The average Bonchev–Trinajstić information content (AvgIpc) is 2.68. The second kappa shape index (κ2) is 3.95. The monoisotopic (exact) mass is 261 g/mol. The third-order valence-corrected chi connectivity index (χ3v) is 5.79. The van der Waals surface area contributed by atoms with Gasteiger partial charge in [-0.2, -0.15) is 0 Å². The molecule has 0 aromatic carbocycles. The van der Waals surface area contributed by atoms with Gasteiger partial charge in [0.15, 0.2) is 0 Å². The molecule has 4 bridgehead atoms. The number of hydrogen-bond donors (Lipinski definition) is 2. The third-order valence-electron chi connectivity index (χ3n) is 5.79. The van der Waals surface area contributed by atoms with Gasteiger partial charge in [0.25, 0.3) is 0 Å². The highest BCUT2D eigenvalue weighted by Crippen LogP contribution is 2.60. The second-order valence-corrected chi connectivity index (χ2v) is 7.24. The molecule has 0 saturated heterocycles. The van der Waals surface area contributed by atoms with Gasteiger partial charge in [0, 0.05) is 13.5 Å². The summed E-state index contributed by atoms with van der Waals surface area (Å²) in [5.41, 5.74) is 3.13. The summed E-state index contributed by atoms with van der Waals surface area (Å²) in [5, 5.41) is 8.44. The van der Waals surface area contributed by atoms with Crippen LogP contribution in [0.3, 0.4) is 0 Å². The van der Waals surface area contributed by atoms with E-state index in [0.717, 1.165) is 30.0 Å². The van der Waals surface area contributed by atoms with Crippen molar-refractivity contribution in [2.75, 3.05) is 5.43 Å². The molecule has 1 heterocycles. The van der Waals surface area contributed by atoms with E-state index in [2.05, 4.69) is 15.6 Å². The maximum Gasteiger partial charge on any atom is 0.238 e. The van der Waals surface area contributed by atoms with Crippen LogP contribution in [0.1, 0.15) is 44.3 Å². The first-order valence-electron chi connectivity index (χ1n) is 7.52. The fourth-order valence-corrected chi connectivity index (χ4v) is 5.48. The van der Waals surface area contributed by atoms with Crippen molar-refractivity contribution in [2.45, 2.75) is 44.9 Å². The maximum atomic E-state index is 5.45. The molecule has 1 aromatic rings. The van der Waals surface area contributed by atoms with Gasteiger partial charge in [-0.25, -0.2) is 5.84 Å². The lowest BCUT2D eigenvalue weighted by molar-refractivity contribution is -0.0534. The molecule has 0 unspecified atom stereocenters. The van der Waals surface area contributed by atoms with Crippen LogP contribution in [-0.2, 0) is 13.5 Å². The van der Waals surface area contributed by atoms with Crippen LogP contribution in [0.4, 0.5) is 5.95 Å². The summed E-state index contributed by atoms with van der Waals surface area (Å²) in [6, 6.07) is 0. The molecule has 0 radical (unpaired) electrons. The third kappa shape index (κ3) is 1.78. The van der Waals surface area contributed by atoms with E-state index in [1.165, 1.54) is 38.5 Å². The molecule has 0 spiro atoms. The van der Waals surface area contributed by atoms with E-state index in [0.29, 0.717) is 11.4 Å². The van der Waals surface area contributed by atoms with Crippen molar-refractivity contribution in [2.24, 2.45) is 36.1 Å². The van der Waals surface area contributed by atoms with Crippen molar-refractivity contribution < 1.29 is 0 Å². The fourth-order valence-electron chi connectivity index (χ4n) is 5.48. The lowest BCUT2D eigenvalue weighted by Gasteiger charge is -2.56. The van der Waals surface area contributed by atoms with Gasteiger partial charge in [-0.1, -0.05) is 0 Å². The first-order valence-corrected chi connectivity index (χ1v) is 7.52. The van der Waals surface area contributed by atoms with E-state index < -0.39 is 0 Å². The van der Waals surface area contributed by atoms with Crippen molar-refractivity contribution in [3.05, 3.63) is 5.82 Å². The first kappa shape index (κ1) is 11.7. The second-order valence-electron chi connectivity index (χ2n) is 7.24. The predicted octanol–water partition coefficient (Wildman–Crippen LogP) is 1.86. The standard InChI is InChI=1S/C14H23N5/c1-19-12(17-18-13(19)16-15)8-14-5-9-2-10(6-14)4-11(3-9)7-14/h9-11H,2-8,15H2,1H3,(H,16,18). The summed E-state index contributed by atoms with van der Waals surface area (Å²) in [6.45, 7) is 0. The molecule has 4 fully saturated rings. The zero-order chi connectivity index (χ0) is 13.0. The van der Waals surface area contributed by atoms with E-state index in [9.17, 15) is 0 Å². The molecular formula is C14H23N5. The molecule has 5 nitrogen and oxygen atoms in total. The van der Waals surface area contributed by atoms with E-state index >= 15 is 0 Å². The lowest BCUT2D eigenvalue weighted by Crippen LogP contribution is -2.47. The Bertz CT molecular complexity index is 457. The summed E-state index contributed by atoms with van der Waals surface area (Å²) in [4.78, 5) is 0. The van der Waals surface area contributed by atoms with E-state index in [-0.39, 0.29) is 0 Å². The number of nitrogens with two attached hydrogens (primary N) is 1. The Kier molecular flexibility index (Phi) is 2.43. The molecule has 0 atom stereocenters. The van der Waals surface area contributed by atoms with Crippen molar-refractivity contribution in [1.82, 2.24) is 14.8 Å². The van der Waals surface area contributed by atoms with Crippen LogP contribution < -0.4 is 11.3 Å². The average molecular weight is 261 g/mol. The Morgan fingerprint density at radius 1 is 1.16 bits per heavy atom.